The van der Waals surface area contributed by atoms with Crippen LogP contribution in [0.1, 0.15) is 12.5 Å². The first kappa shape index (κ1) is 12.8. The molecule has 4 heteroatoms. The van der Waals surface area contributed by atoms with Gasteiger partial charge in [-0.3, -0.25) is 0 Å². The van der Waals surface area contributed by atoms with Gasteiger partial charge < -0.3 is 0 Å². The average molecular weight is 258 g/mol. The van der Waals surface area contributed by atoms with Gasteiger partial charge in [-0.1, -0.05) is 13.0 Å². The highest BCUT2D eigenvalue weighted by molar-refractivity contribution is 8.00. The Bertz CT molecular complexity index is 360. The molecule has 0 N–H and O–H groups in total. The van der Waals surface area contributed by atoms with Crippen LogP contribution in [0.25, 0.3) is 0 Å². The van der Waals surface area contributed by atoms with E-state index in [9.17, 15) is 0 Å². The van der Waals surface area contributed by atoms with Crippen LogP contribution in [-0.2, 0) is 0 Å². The molecule has 0 saturated heterocycles. The van der Waals surface area contributed by atoms with Gasteiger partial charge in [-0.15, -0.1) is 35.1 Å². The summed E-state index contributed by atoms with van der Waals surface area (Å²) in [6.07, 6.45) is 0. The van der Waals surface area contributed by atoms with Crippen LogP contribution in [0.4, 0.5) is 0 Å². The van der Waals surface area contributed by atoms with Crippen molar-refractivity contribution in [3.8, 4) is 6.07 Å². The van der Waals surface area contributed by atoms with E-state index in [0.29, 0.717) is 5.88 Å². The van der Waals surface area contributed by atoms with Gasteiger partial charge in [-0.25, -0.2) is 0 Å². The minimum absolute atomic E-state index is 0.612. The maximum Gasteiger partial charge on any atom is 0.101 e. The molecule has 1 nitrogen and oxygen atoms in total. The van der Waals surface area contributed by atoms with Crippen LogP contribution >= 0.6 is 35.1 Å². The summed E-state index contributed by atoms with van der Waals surface area (Å²) in [6.45, 7) is 2.09. The SMILES string of the molecule is CCSc1cccc(SCCCl)c1C#N. The van der Waals surface area contributed by atoms with Gasteiger partial charge in [-0.2, -0.15) is 5.26 Å². The summed E-state index contributed by atoms with van der Waals surface area (Å²) in [5.74, 6) is 2.44. The number of thioether (sulfide) groups is 2. The topological polar surface area (TPSA) is 23.8 Å². The van der Waals surface area contributed by atoms with Gasteiger partial charge in [0.15, 0.2) is 0 Å². The van der Waals surface area contributed by atoms with Crippen molar-refractivity contribution >= 4 is 35.1 Å². The largest absolute Gasteiger partial charge is 0.192 e. The van der Waals surface area contributed by atoms with E-state index in [-0.39, 0.29) is 0 Å². The lowest BCUT2D eigenvalue weighted by molar-refractivity contribution is 1.25. The van der Waals surface area contributed by atoms with Crippen molar-refractivity contribution in [2.75, 3.05) is 17.4 Å². The normalized spacial score (nSPS) is 9.93. The fourth-order valence-corrected chi connectivity index (χ4v) is 3.02. The van der Waals surface area contributed by atoms with Crippen molar-refractivity contribution in [3.63, 3.8) is 0 Å². The van der Waals surface area contributed by atoms with Crippen LogP contribution in [0.3, 0.4) is 0 Å². The molecule has 0 bridgehead atoms. The standard InChI is InChI=1S/C11H12ClNS2/c1-2-14-10-4-3-5-11(9(10)8-13)15-7-6-12/h3-5H,2,6-7H2,1H3. The molecule has 0 unspecified atom stereocenters. The molecule has 0 saturated carbocycles. The van der Waals surface area contributed by atoms with Crippen LogP contribution < -0.4 is 0 Å². The highest BCUT2D eigenvalue weighted by atomic mass is 35.5. The zero-order valence-electron chi connectivity index (χ0n) is 8.50. The quantitative estimate of drug-likeness (QED) is 0.589. The van der Waals surface area contributed by atoms with Crippen LogP contribution in [0.15, 0.2) is 28.0 Å². The molecule has 15 heavy (non-hydrogen) atoms. The van der Waals surface area contributed by atoms with E-state index in [4.69, 9.17) is 16.9 Å². The van der Waals surface area contributed by atoms with Gasteiger partial charge in [-0.05, 0) is 17.9 Å². The number of halogens is 1. The summed E-state index contributed by atoms with van der Waals surface area (Å²) in [5.41, 5.74) is 0.791. The lowest BCUT2D eigenvalue weighted by atomic mass is 10.2. The summed E-state index contributed by atoms with van der Waals surface area (Å²) in [7, 11) is 0. The summed E-state index contributed by atoms with van der Waals surface area (Å²) >= 11 is 8.99. The summed E-state index contributed by atoms with van der Waals surface area (Å²) in [5, 5.41) is 9.12. The molecule has 0 amide bonds. The first-order valence-corrected chi connectivity index (χ1v) is 7.18. The summed E-state index contributed by atoms with van der Waals surface area (Å²) in [6, 6.07) is 8.25. The van der Waals surface area contributed by atoms with Crippen LogP contribution in [0, 0.1) is 11.3 Å². The number of alkyl halides is 1. The molecule has 0 radical (unpaired) electrons. The smallest absolute Gasteiger partial charge is 0.101 e. The Morgan fingerprint density at radius 1 is 1.33 bits per heavy atom. The van der Waals surface area contributed by atoms with Crippen molar-refractivity contribution < 1.29 is 0 Å². The summed E-state index contributed by atoms with van der Waals surface area (Å²) in [4.78, 5) is 2.11. The second-order valence-electron chi connectivity index (χ2n) is 2.71. The first-order chi connectivity index (χ1) is 7.33. The molecule has 0 aliphatic rings. The molecule has 1 aromatic carbocycles. The maximum absolute atomic E-state index is 9.12. The molecule has 0 aliphatic heterocycles. The van der Waals surface area contributed by atoms with Crippen molar-refractivity contribution in [2.24, 2.45) is 0 Å². The van der Waals surface area contributed by atoms with Crippen molar-refractivity contribution in [1.82, 2.24) is 0 Å². The molecule has 1 aromatic rings. The Balaban J connectivity index is 2.95. The summed E-state index contributed by atoms with van der Waals surface area (Å²) < 4.78 is 0. The average Bonchev–Trinajstić information content (AvgIpc) is 2.27. The number of hydrogen-bond acceptors (Lipinski definition) is 3. The molecule has 0 heterocycles. The van der Waals surface area contributed by atoms with E-state index in [1.54, 1.807) is 23.5 Å². The molecule has 0 aromatic heterocycles. The molecule has 1 rings (SSSR count). The molecule has 0 spiro atoms. The zero-order valence-corrected chi connectivity index (χ0v) is 10.9. The Labute approximate surface area is 104 Å². The highest BCUT2D eigenvalue weighted by Crippen LogP contribution is 2.30. The van der Waals surface area contributed by atoms with Gasteiger partial charge in [0.1, 0.15) is 6.07 Å². The van der Waals surface area contributed by atoms with Gasteiger partial charge in [0.05, 0.1) is 5.56 Å². The predicted octanol–water partition coefficient (Wildman–Crippen LogP) is 4.00. The van der Waals surface area contributed by atoms with E-state index >= 15 is 0 Å². The molecule has 0 fully saturated rings. The molecule has 80 valence electrons. The van der Waals surface area contributed by atoms with Crippen molar-refractivity contribution in [1.29, 1.82) is 5.26 Å². The van der Waals surface area contributed by atoms with Crippen molar-refractivity contribution in [2.45, 2.75) is 16.7 Å². The minimum atomic E-state index is 0.612. The Morgan fingerprint density at radius 3 is 2.53 bits per heavy atom. The Morgan fingerprint density at radius 2 is 2.00 bits per heavy atom. The maximum atomic E-state index is 9.12. The van der Waals surface area contributed by atoms with E-state index in [0.717, 1.165) is 26.9 Å². The molecule has 0 aliphatic carbocycles. The first-order valence-electron chi connectivity index (χ1n) is 4.68. The Kier molecular flexibility index (Phi) is 6.00. The monoisotopic (exact) mass is 257 g/mol. The third-order valence-corrected chi connectivity index (χ3v) is 4.15. The number of nitrogens with zero attached hydrogens (tertiary/aromatic N) is 1. The second kappa shape index (κ2) is 7.05. The minimum Gasteiger partial charge on any atom is -0.192 e. The number of hydrogen-bond donors (Lipinski definition) is 0. The predicted molar refractivity (Wildman–Crippen MR) is 69.0 cm³/mol. The number of nitriles is 1. The highest BCUT2D eigenvalue weighted by Gasteiger charge is 2.07. The van der Waals surface area contributed by atoms with Gasteiger partial charge in [0.25, 0.3) is 0 Å². The van der Waals surface area contributed by atoms with E-state index in [1.165, 1.54) is 0 Å². The van der Waals surface area contributed by atoms with Crippen LogP contribution in [-0.4, -0.2) is 17.4 Å². The molecular formula is C11H12ClNS2. The molecular weight excluding hydrogens is 246 g/mol. The fourth-order valence-electron chi connectivity index (χ4n) is 1.17. The third-order valence-electron chi connectivity index (χ3n) is 1.73. The number of rotatable bonds is 5. The fraction of sp³-hybridized carbons (Fsp3) is 0.364. The lowest BCUT2D eigenvalue weighted by Crippen LogP contribution is -1.88. The zero-order chi connectivity index (χ0) is 11.1. The third kappa shape index (κ3) is 3.64. The van der Waals surface area contributed by atoms with E-state index in [1.807, 2.05) is 18.2 Å². The van der Waals surface area contributed by atoms with Gasteiger partial charge in [0.2, 0.25) is 0 Å². The van der Waals surface area contributed by atoms with Crippen molar-refractivity contribution in [3.05, 3.63) is 23.8 Å². The lowest BCUT2D eigenvalue weighted by Gasteiger charge is -2.06. The van der Waals surface area contributed by atoms with E-state index < -0.39 is 0 Å². The van der Waals surface area contributed by atoms with Gasteiger partial charge >= 0.3 is 0 Å². The van der Waals surface area contributed by atoms with Gasteiger partial charge in [0, 0.05) is 21.4 Å². The molecule has 0 atom stereocenters. The van der Waals surface area contributed by atoms with Crippen LogP contribution in [0.2, 0.25) is 0 Å². The Hall–Kier alpha value is -0.300. The van der Waals surface area contributed by atoms with Crippen LogP contribution in [0.5, 0.6) is 0 Å². The number of benzene rings is 1. The van der Waals surface area contributed by atoms with E-state index in [2.05, 4.69) is 13.0 Å². The second-order valence-corrected chi connectivity index (χ2v) is 5.53.